The van der Waals surface area contributed by atoms with Gasteiger partial charge in [-0.05, 0) is 54.4 Å². The van der Waals surface area contributed by atoms with E-state index in [1.165, 1.54) is 18.3 Å². The maximum Gasteiger partial charge on any atom is 0.244 e. The predicted molar refractivity (Wildman–Crippen MR) is 99.7 cm³/mol. The van der Waals surface area contributed by atoms with Crippen molar-refractivity contribution in [2.45, 2.75) is 13.3 Å². The first-order chi connectivity index (χ1) is 12.5. The van der Waals surface area contributed by atoms with Crippen molar-refractivity contribution in [1.82, 2.24) is 5.43 Å². The van der Waals surface area contributed by atoms with E-state index in [1.54, 1.807) is 18.2 Å². The lowest BCUT2D eigenvalue weighted by Crippen LogP contribution is -2.19. The van der Waals surface area contributed by atoms with Crippen LogP contribution < -0.4 is 5.43 Å². The predicted octanol–water partition coefficient (Wildman–Crippen LogP) is 4.74. The molecule has 3 rings (SSSR count). The number of furan rings is 1. The highest BCUT2D eigenvalue weighted by atomic mass is 35.5. The Kier molecular flexibility index (Phi) is 5.49. The number of nitrogens with zero attached hydrogens (tertiary/aromatic N) is 1. The fraction of sp³-hybridized carbons (Fsp3) is 0.100. The van der Waals surface area contributed by atoms with Crippen molar-refractivity contribution in [3.63, 3.8) is 0 Å². The summed E-state index contributed by atoms with van der Waals surface area (Å²) in [5.41, 5.74) is 5.07. The van der Waals surface area contributed by atoms with Crippen LogP contribution in [-0.4, -0.2) is 12.1 Å². The Morgan fingerprint density at radius 3 is 2.73 bits per heavy atom. The number of carbonyl (C=O) groups is 1. The van der Waals surface area contributed by atoms with Gasteiger partial charge >= 0.3 is 0 Å². The number of carbonyl (C=O) groups excluding carboxylic acids is 1. The number of amides is 1. The van der Waals surface area contributed by atoms with E-state index in [1.807, 2.05) is 31.2 Å². The Hall–Kier alpha value is -2.92. The van der Waals surface area contributed by atoms with E-state index in [9.17, 15) is 9.18 Å². The largest absolute Gasteiger partial charge is 0.455 e. The van der Waals surface area contributed by atoms with Crippen LogP contribution in [0.3, 0.4) is 0 Å². The number of hydrogen-bond acceptors (Lipinski definition) is 3. The fourth-order valence-corrected chi connectivity index (χ4v) is 2.59. The van der Waals surface area contributed by atoms with Crippen LogP contribution in [0.5, 0.6) is 0 Å². The van der Waals surface area contributed by atoms with Crippen LogP contribution in [0.2, 0.25) is 5.02 Å². The molecule has 1 aromatic heterocycles. The van der Waals surface area contributed by atoms with Crippen LogP contribution in [0, 0.1) is 12.7 Å². The van der Waals surface area contributed by atoms with Crippen molar-refractivity contribution in [3.05, 3.63) is 82.3 Å². The molecule has 132 valence electrons. The number of nitrogens with one attached hydrogen (secondary N) is 1. The third kappa shape index (κ3) is 4.58. The summed E-state index contributed by atoms with van der Waals surface area (Å²) in [6.07, 6.45) is 1.54. The molecular weight excluding hydrogens is 355 g/mol. The van der Waals surface area contributed by atoms with E-state index in [4.69, 9.17) is 16.0 Å². The lowest BCUT2D eigenvalue weighted by molar-refractivity contribution is -0.120. The van der Waals surface area contributed by atoms with Crippen LogP contribution in [0.1, 0.15) is 16.9 Å². The number of halogens is 2. The molecule has 0 aliphatic carbocycles. The topological polar surface area (TPSA) is 54.6 Å². The van der Waals surface area contributed by atoms with E-state index >= 15 is 0 Å². The van der Waals surface area contributed by atoms with E-state index in [0.717, 1.165) is 11.1 Å². The fourth-order valence-electron chi connectivity index (χ4n) is 2.42. The van der Waals surface area contributed by atoms with Crippen molar-refractivity contribution in [1.29, 1.82) is 0 Å². The van der Waals surface area contributed by atoms with Gasteiger partial charge in [0.25, 0.3) is 0 Å². The third-order valence-electron chi connectivity index (χ3n) is 3.75. The molecule has 4 nitrogen and oxygen atoms in total. The summed E-state index contributed by atoms with van der Waals surface area (Å²) >= 11 is 6.03. The second-order valence-corrected chi connectivity index (χ2v) is 6.19. The molecule has 0 bridgehead atoms. The molecule has 0 spiro atoms. The minimum Gasteiger partial charge on any atom is -0.455 e. The van der Waals surface area contributed by atoms with E-state index < -0.39 is 0 Å². The third-order valence-corrected chi connectivity index (χ3v) is 3.99. The number of benzene rings is 2. The Labute approximate surface area is 155 Å². The molecule has 26 heavy (non-hydrogen) atoms. The first-order valence-corrected chi connectivity index (χ1v) is 8.32. The Morgan fingerprint density at radius 2 is 1.96 bits per heavy atom. The minimum atomic E-state index is -0.337. The molecule has 0 fully saturated rings. The monoisotopic (exact) mass is 370 g/mol. The van der Waals surface area contributed by atoms with Crippen molar-refractivity contribution >= 4 is 23.7 Å². The van der Waals surface area contributed by atoms with Crippen molar-refractivity contribution in [2.24, 2.45) is 5.10 Å². The minimum absolute atomic E-state index is 0.114. The average molecular weight is 371 g/mol. The molecule has 0 atom stereocenters. The summed E-state index contributed by atoms with van der Waals surface area (Å²) in [6, 6.07) is 14.9. The van der Waals surface area contributed by atoms with Gasteiger partial charge in [0.1, 0.15) is 17.3 Å². The van der Waals surface area contributed by atoms with Gasteiger partial charge in [0.2, 0.25) is 5.91 Å². The summed E-state index contributed by atoms with van der Waals surface area (Å²) in [4.78, 5) is 11.8. The first kappa shape index (κ1) is 17.9. The summed E-state index contributed by atoms with van der Waals surface area (Å²) in [7, 11) is 0. The summed E-state index contributed by atoms with van der Waals surface area (Å²) in [5, 5.41) is 4.51. The summed E-state index contributed by atoms with van der Waals surface area (Å²) < 4.78 is 18.6. The second kappa shape index (κ2) is 7.97. The van der Waals surface area contributed by atoms with E-state index in [2.05, 4.69) is 10.5 Å². The highest BCUT2D eigenvalue weighted by Crippen LogP contribution is 2.27. The molecule has 6 heteroatoms. The smallest absolute Gasteiger partial charge is 0.244 e. The Morgan fingerprint density at radius 1 is 1.19 bits per heavy atom. The SMILES string of the molecule is Cc1ccc(Cl)cc1-c1ccc(/C=N/NC(=O)Cc2ccc(F)cc2)o1. The zero-order valence-corrected chi connectivity index (χ0v) is 14.8. The second-order valence-electron chi connectivity index (χ2n) is 5.76. The standard InChI is InChI=1S/C20H16ClFN2O2/c1-13-2-5-15(21)11-18(13)19-9-8-17(26-19)12-23-24-20(25)10-14-3-6-16(22)7-4-14/h2-9,11-12H,10H2,1H3,(H,24,25)/b23-12+. The number of aryl methyl sites for hydroxylation is 1. The average Bonchev–Trinajstić information content (AvgIpc) is 3.08. The van der Waals surface area contributed by atoms with Crippen LogP contribution in [-0.2, 0) is 11.2 Å². The van der Waals surface area contributed by atoms with Gasteiger partial charge in [-0.1, -0.05) is 29.8 Å². The lowest BCUT2D eigenvalue weighted by atomic mass is 10.1. The van der Waals surface area contributed by atoms with Gasteiger partial charge in [-0.2, -0.15) is 5.10 Å². The van der Waals surface area contributed by atoms with E-state index in [-0.39, 0.29) is 18.1 Å². The molecule has 0 aliphatic rings. The number of hydrogen-bond donors (Lipinski definition) is 1. The van der Waals surface area contributed by atoms with Crippen molar-refractivity contribution in [3.8, 4) is 11.3 Å². The molecule has 1 heterocycles. The first-order valence-electron chi connectivity index (χ1n) is 7.94. The molecule has 0 saturated heterocycles. The van der Waals surface area contributed by atoms with Crippen LogP contribution in [0.4, 0.5) is 4.39 Å². The van der Waals surface area contributed by atoms with Gasteiger partial charge < -0.3 is 4.42 Å². The molecule has 0 radical (unpaired) electrons. The molecule has 1 amide bonds. The summed E-state index contributed by atoms with van der Waals surface area (Å²) in [6.45, 7) is 1.97. The number of rotatable bonds is 5. The van der Waals surface area contributed by atoms with Crippen LogP contribution in [0.25, 0.3) is 11.3 Å². The van der Waals surface area contributed by atoms with Gasteiger partial charge in [-0.15, -0.1) is 0 Å². The Bertz CT molecular complexity index is 949. The molecule has 3 aromatic rings. The van der Waals surface area contributed by atoms with Crippen LogP contribution in [0.15, 0.2) is 64.1 Å². The molecular formula is C20H16ClFN2O2. The highest BCUT2D eigenvalue weighted by molar-refractivity contribution is 6.30. The quantitative estimate of drug-likeness (QED) is 0.521. The zero-order chi connectivity index (χ0) is 18.5. The molecule has 0 saturated carbocycles. The van der Waals surface area contributed by atoms with Gasteiger partial charge in [0.05, 0.1) is 12.6 Å². The maximum absolute atomic E-state index is 12.8. The molecule has 0 aliphatic heterocycles. The normalized spacial score (nSPS) is 11.0. The van der Waals surface area contributed by atoms with Crippen LogP contribution >= 0.6 is 11.6 Å². The van der Waals surface area contributed by atoms with Gasteiger partial charge in [0, 0.05) is 10.6 Å². The maximum atomic E-state index is 12.8. The van der Waals surface area contributed by atoms with Gasteiger partial charge in [-0.3, -0.25) is 4.79 Å². The highest BCUT2D eigenvalue weighted by Gasteiger charge is 2.08. The zero-order valence-electron chi connectivity index (χ0n) is 14.0. The molecule has 1 N–H and O–H groups in total. The van der Waals surface area contributed by atoms with Gasteiger partial charge in [-0.25, -0.2) is 9.82 Å². The van der Waals surface area contributed by atoms with Crippen molar-refractivity contribution < 1.29 is 13.6 Å². The lowest BCUT2D eigenvalue weighted by Gasteiger charge is -2.02. The molecule has 0 unspecified atom stereocenters. The van der Waals surface area contributed by atoms with E-state index in [0.29, 0.717) is 22.1 Å². The van der Waals surface area contributed by atoms with Crippen molar-refractivity contribution in [2.75, 3.05) is 0 Å². The van der Waals surface area contributed by atoms with Gasteiger partial charge in [0.15, 0.2) is 0 Å². The molecule has 2 aromatic carbocycles. The Balaban J connectivity index is 1.61. The number of hydrazone groups is 1. The summed E-state index contributed by atoms with van der Waals surface area (Å²) in [5.74, 6) is 0.534.